The smallest absolute Gasteiger partial charge is 0.322 e. The number of rotatable bonds is 2. The summed E-state index contributed by atoms with van der Waals surface area (Å²) in [6, 6.07) is 8.77. The maximum atomic E-state index is 11.7. The topological polar surface area (TPSA) is 29.5 Å². The van der Waals surface area contributed by atoms with Crippen LogP contribution in [0, 0.1) is 0 Å². The van der Waals surface area contributed by atoms with Crippen molar-refractivity contribution in [3.05, 3.63) is 35.4 Å². The summed E-state index contributed by atoms with van der Waals surface area (Å²) in [7, 11) is 1.47. The molecule has 1 aliphatic carbocycles. The van der Waals surface area contributed by atoms with E-state index in [1.54, 1.807) is 5.56 Å². The molecule has 2 aliphatic rings. The Balaban J connectivity index is 1.72. The van der Waals surface area contributed by atoms with Gasteiger partial charge in [-0.3, -0.25) is 9.69 Å². The molecule has 1 spiro atoms. The number of methoxy groups -OCH3 is 1. The van der Waals surface area contributed by atoms with E-state index in [9.17, 15) is 4.79 Å². The molecule has 3 rings (SSSR count). The summed E-state index contributed by atoms with van der Waals surface area (Å²) in [6.45, 7) is 3.93. The van der Waals surface area contributed by atoms with Crippen molar-refractivity contribution in [2.75, 3.05) is 20.2 Å². The fourth-order valence-electron chi connectivity index (χ4n) is 3.94. The Morgan fingerprint density at radius 2 is 1.95 bits per heavy atom. The molecule has 20 heavy (non-hydrogen) atoms. The van der Waals surface area contributed by atoms with Crippen LogP contribution in [0.3, 0.4) is 0 Å². The zero-order valence-electron chi connectivity index (χ0n) is 12.4. The molecule has 1 heterocycles. The van der Waals surface area contributed by atoms with Crippen molar-refractivity contribution < 1.29 is 9.53 Å². The van der Waals surface area contributed by atoms with E-state index in [0.29, 0.717) is 5.41 Å². The Morgan fingerprint density at radius 3 is 2.65 bits per heavy atom. The Labute approximate surface area is 120 Å². The number of carbonyl (C=O) groups is 1. The van der Waals surface area contributed by atoms with Gasteiger partial charge in [-0.1, -0.05) is 24.3 Å². The average molecular weight is 273 g/mol. The first-order chi connectivity index (χ1) is 9.66. The third-order valence-electron chi connectivity index (χ3n) is 5.31. The van der Waals surface area contributed by atoms with Gasteiger partial charge in [0.15, 0.2) is 0 Å². The monoisotopic (exact) mass is 273 g/mol. The second-order valence-corrected chi connectivity index (χ2v) is 6.17. The molecular weight excluding hydrogens is 250 g/mol. The lowest BCUT2D eigenvalue weighted by Gasteiger charge is -2.41. The number of hydrogen-bond acceptors (Lipinski definition) is 3. The number of likely N-dealkylation sites (tertiary alicyclic amines) is 1. The molecule has 1 saturated heterocycles. The van der Waals surface area contributed by atoms with Crippen molar-refractivity contribution in [2.24, 2.45) is 0 Å². The number of aryl methyl sites for hydroxylation is 1. The molecule has 1 aromatic carbocycles. The molecule has 0 N–H and O–H groups in total. The number of carbonyl (C=O) groups excluding carboxylic acids is 1. The highest BCUT2D eigenvalue weighted by atomic mass is 16.5. The third kappa shape index (κ3) is 2.14. The number of esters is 1. The summed E-state index contributed by atoms with van der Waals surface area (Å²) in [5.41, 5.74) is 3.45. The van der Waals surface area contributed by atoms with Gasteiger partial charge in [0.05, 0.1) is 7.11 Å². The molecule has 1 fully saturated rings. The largest absolute Gasteiger partial charge is 0.468 e. The van der Waals surface area contributed by atoms with Gasteiger partial charge in [-0.2, -0.15) is 0 Å². The molecule has 0 aromatic heterocycles. The van der Waals surface area contributed by atoms with Gasteiger partial charge in [-0.15, -0.1) is 0 Å². The minimum atomic E-state index is -0.118. The van der Waals surface area contributed by atoms with Crippen molar-refractivity contribution in [2.45, 2.75) is 44.1 Å². The fourth-order valence-corrected chi connectivity index (χ4v) is 3.94. The molecule has 1 aliphatic heterocycles. The fraction of sp³-hybridized carbons (Fsp3) is 0.588. The quantitative estimate of drug-likeness (QED) is 0.776. The maximum absolute atomic E-state index is 11.7. The zero-order chi connectivity index (χ0) is 14.2. The highest BCUT2D eigenvalue weighted by Crippen LogP contribution is 2.46. The Morgan fingerprint density at radius 1 is 1.25 bits per heavy atom. The molecule has 0 radical (unpaired) electrons. The van der Waals surface area contributed by atoms with Crippen LogP contribution in [-0.2, 0) is 21.4 Å². The number of fused-ring (bicyclic) bond motifs is 2. The normalized spacial score (nSPS) is 22.5. The molecule has 0 saturated carbocycles. The summed E-state index contributed by atoms with van der Waals surface area (Å²) in [5, 5.41) is 0. The van der Waals surface area contributed by atoms with Crippen LogP contribution in [0.1, 0.15) is 37.3 Å². The predicted octanol–water partition coefficient (Wildman–Crippen LogP) is 2.53. The van der Waals surface area contributed by atoms with Gasteiger partial charge in [0, 0.05) is 0 Å². The minimum Gasteiger partial charge on any atom is -0.468 e. The highest BCUT2D eigenvalue weighted by molar-refractivity contribution is 5.75. The highest BCUT2D eigenvalue weighted by Gasteiger charge is 2.42. The maximum Gasteiger partial charge on any atom is 0.322 e. The molecular formula is C17H23NO2. The number of hydrogen-bond donors (Lipinski definition) is 0. The van der Waals surface area contributed by atoms with Gasteiger partial charge in [0.25, 0.3) is 0 Å². The van der Waals surface area contributed by atoms with E-state index in [1.807, 2.05) is 6.92 Å². The van der Waals surface area contributed by atoms with Gasteiger partial charge < -0.3 is 4.74 Å². The van der Waals surface area contributed by atoms with Crippen LogP contribution in [0.4, 0.5) is 0 Å². The molecule has 1 aromatic rings. The predicted molar refractivity (Wildman–Crippen MR) is 78.7 cm³/mol. The Bertz CT molecular complexity index is 503. The van der Waals surface area contributed by atoms with E-state index in [2.05, 4.69) is 29.2 Å². The Kier molecular flexibility index (Phi) is 3.55. The van der Waals surface area contributed by atoms with Crippen molar-refractivity contribution in [1.82, 2.24) is 4.90 Å². The number of ether oxygens (including phenoxy) is 1. The summed E-state index contributed by atoms with van der Waals surface area (Å²) >= 11 is 0. The van der Waals surface area contributed by atoms with Gasteiger partial charge in [-0.25, -0.2) is 0 Å². The van der Waals surface area contributed by atoms with E-state index in [4.69, 9.17) is 4.74 Å². The van der Waals surface area contributed by atoms with Crippen molar-refractivity contribution in [3.63, 3.8) is 0 Å². The van der Waals surface area contributed by atoms with Crippen LogP contribution in [0.2, 0.25) is 0 Å². The van der Waals surface area contributed by atoms with Crippen LogP contribution in [0.25, 0.3) is 0 Å². The van der Waals surface area contributed by atoms with Gasteiger partial charge in [-0.05, 0) is 62.2 Å². The van der Waals surface area contributed by atoms with Crippen molar-refractivity contribution >= 4 is 5.97 Å². The summed E-state index contributed by atoms with van der Waals surface area (Å²) in [4.78, 5) is 13.9. The number of nitrogens with zero attached hydrogens (tertiary/aromatic N) is 1. The molecule has 3 heteroatoms. The van der Waals surface area contributed by atoms with Crippen LogP contribution in [-0.4, -0.2) is 37.1 Å². The summed E-state index contributed by atoms with van der Waals surface area (Å²) in [5.74, 6) is -0.118. The first-order valence-electron chi connectivity index (χ1n) is 7.56. The van der Waals surface area contributed by atoms with Gasteiger partial charge >= 0.3 is 5.97 Å². The van der Waals surface area contributed by atoms with Crippen LogP contribution >= 0.6 is 0 Å². The van der Waals surface area contributed by atoms with E-state index in [-0.39, 0.29) is 12.0 Å². The second kappa shape index (κ2) is 5.21. The van der Waals surface area contributed by atoms with Gasteiger partial charge in [0.2, 0.25) is 0 Å². The standard InChI is InChI=1S/C17H23NO2/c1-13(16(19)20-2)18-11-9-17(10-12-18)8-7-14-5-3-4-6-15(14)17/h3-6,13H,7-12H2,1-2H3. The van der Waals surface area contributed by atoms with Gasteiger partial charge in [0.1, 0.15) is 6.04 Å². The summed E-state index contributed by atoms with van der Waals surface area (Å²) in [6.07, 6.45) is 4.80. The molecule has 108 valence electrons. The first kappa shape index (κ1) is 13.6. The van der Waals surface area contributed by atoms with Crippen molar-refractivity contribution in [3.8, 4) is 0 Å². The molecule has 1 unspecified atom stereocenters. The zero-order valence-corrected chi connectivity index (χ0v) is 12.4. The SMILES string of the molecule is COC(=O)C(C)N1CCC2(CCc3ccccc32)CC1. The lowest BCUT2D eigenvalue weighted by molar-refractivity contribution is -0.147. The third-order valence-corrected chi connectivity index (χ3v) is 5.31. The van der Waals surface area contributed by atoms with E-state index in [1.165, 1.54) is 25.5 Å². The molecule has 1 atom stereocenters. The van der Waals surface area contributed by atoms with E-state index >= 15 is 0 Å². The van der Waals surface area contributed by atoms with E-state index in [0.717, 1.165) is 25.9 Å². The van der Waals surface area contributed by atoms with Crippen LogP contribution < -0.4 is 0 Å². The number of benzene rings is 1. The Hall–Kier alpha value is -1.35. The lowest BCUT2D eigenvalue weighted by atomic mass is 9.73. The lowest BCUT2D eigenvalue weighted by Crippen LogP contribution is -2.48. The molecule has 0 bridgehead atoms. The van der Waals surface area contributed by atoms with Crippen LogP contribution in [0.15, 0.2) is 24.3 Å². The minimum absolute atomic E-state index is 0.117. The number of piperidine rings is 1. The van der Waals surface area contributed by atoms with Crippen LogP contribution in [0.5, 0.6) is 0 Å². The first-order valence-corrected chi connectivity index (χ1v) is 7.56. The molecule has 0 amide bonds. The molecule has 3 nitrogen and oxygen atoms in total. The second-order valence-electron chi connectivity index (χ2n) is 6.17. The van der Waals surface area contributed by atoms with Crippen molar-refractivity contribution in [1.29, 1.82) is 0 Å². The summed E-state index contributed by atoms with van der Waals surface area (Å²) < 4.78 is 4.86. The average Bonchev–Trinajstić information content (AvgIpc) is 2.86. The van der Waals surface area contributed by atoms with E-state index < -0.39 is 0 Å².